The van der Waals surface area contributed by atoms with Crippen LogP contribution in [0.15, 0.2) is 36.5 Å². The van der Waals surface area contributed by atoms with Crippen LogP contribution in [0.2, 0.25) is 0 Å². The first-order valence-corrected chi connectivity index (χ1v) is 24.1. The Labute approximate surface area is 359 Å². The molecule has 0 saturated carbocycles. The van der Waals surface area contributed by atoms with Gasteiger partial charge in [0, 0.05) is 12.8 Å². The summed E-state index contributed by atoms with van der Waals surface area (Å²) >= 11 is 0. The summed E-state index contributed by atoms with van der Waals surface area (Å²) in [7, 11) is 0. The molecule has 1 aliphatic heterocycles. The van der Waals surface area contributed by atoms with Gasteiger partial charge >= 0.3 is 11.9 Å². The third-order valence-corrected chi connectivity index (χ3v) is 11.0. The second kappa shape index (κ2) is 40.0. The van der Waals surface area contributed by atoms with E-state index < -0.39 is 49.4 Å². The molecule has 0 aromatic carbocycles. The lowest BCUT2D eigenvalue weighted by Crippen LogP contribution is -2.59. The number of carbonyl (C=O) groups is 2. The molecule has 0 spiro atoms. The van der Waals surface area contributed by atoms with Crippen LogP contribution in [0.3, 0.4) is 0 Å². The molecular weight excluding hydrogens is 749 g/mol. The maximum Gasteiger partial charge on any atom is 0.306 e. The third-order valence-electron chi connectivity index (χ3n) is 11.0. The zero-order valence-corrected chi connectivity index (χ0v) is 37.5. The number of rotatable bonds is 40. The molecule has 6 atom stereocenters. The Balaban J connectivity index is 2.30. The fourth-order valence-corrected chi connectivity index (χ4v) is 7.15. The largest absolute Gasteiger partial charge is 0.462 e. The smallest absolute Gasteiger partial charge is 0.306 e. The molecule has 0 aromatic heterocycles. The number of hydrogen-bond acceptors (Lipinski definition) is 10. The predicted octanol–water partition coefficient (Wildman–Crippen LogP) is 10.7. The Morgan fingerprint density at radius 2 is 0.949 bits per heavy atom. The lowest BCUT2D eigenvalue weighted by Gasteiger charge is -2.39. The second-order valence-corrected chi connectivity index (χ2v) is 16.6. The van der Waals surface area contributed by atoms with Crippen molar-refractivity contribution in [2.75, 3.05) is 19.8 Å². The van der Waals surface area contributed by atoms with Gasteiger partial charge in [-0.3, -0.25) is 9.59 Å². The minimum Gasteiger partial charge on any atom is -0.462 e. The van der Waals surface area contributed by atoms with Gasteiger partial charge in [0.15, 0.2) is 12.4 Å². The molecule has 59 heavy (non-hydrogen) atoms. The number of allylic oxidation sites excluding steroid dienone is 6. The fourth-order valence-electron chi connectivity index (χ4n) is 7.15. The maximum absolute atomic E-state index is 12.8. The number of aliphatic hydroxyl groups excluding tert-OH is 4. The quantitative estimate of drug-likeness (QED) is 0.0267. The first-order chi connectivity index (χ1) is 28.8. The van der Waals surface area contributed by atoms with Gasteiger partial charge in [0.1, 0.15) is 31.0 Å². The molecule has 4 N–H and O–H groups in total. The molecule has 1 heterocycles. The molecule has 2 unspecified atom stereocenters. The Kier molecular flexibility index (Phi) is 37.3. The van der Waals surface area contributed by atoms with Crippen molar-refractivity contribution in [3.05, 3.63) is 36.5 Å². The van der Waals surface area contributed by atoms with Gasteiger partial charge in [-0.15, -0.1) is 0 Å². The van der Waals surface area contributed by atoms with Crippen LogP contribution < -0.4 is 0 Å². The van der Waals surface area contributed by atoms with Crippen molar-refractivity contribution in [2.24, 2.45) is 0 Å². The maximum atomic E-state index is 12.8. The van der Waals surface area contributed by atoms with Crippen molar-refractivity contribution in [1.29, 1.82) is 0 Å². The standard InChI is InChI=1S/C49H88O10/c1-3-5-7-9-11-13-15-17-19-21-23-25-27-29-31-33-35-37-44(51)56-40-42(41-57-49-48(55)47(54)46(53)43(39-50)59-49)58-45(52)38-36-34-32-30-28-26-24-22-20-18-16-14-12-10-8-6-4-2/h12-15,18,20,42-43,46-50,53-55H,3-11,16-17,19,21-41H2,1-2H3/b14-12+,15-13+,20-18+/t42-,43-,46+,47?,48?,49-/m0/s1. The Morgan fingerprint density at radius 3 is 1.46 bits per heavy atom. The van der Waals surface area contributed by atoms with E-state index in [1.807, 2.05) is 0 Å². The normalized spacial score (nSPS) is 20.3. The fraction of sp³-hybridized carbons (Fsp3) is 0.837. The molecule has 0 aliphatic carbocycles. The van der Waals surface area contributed by atoms with Crippen molar-refractivity contribution < 1.29 is 49.0 Å². The predicted molar refractivity (Wildman–Crippen MR) is 238 cm³/mol. The first kappa shape index (κ1) is 54.9. The summed E-state index contributed by atoms with van der Waals surface area (Å²) in [5, 5.41) is 40.1. The minimum atomic E-state index is -1.60. The molecule has 344 valence electrons. The van der Waals surface area contributed by atoms with Crippen LogP contribution in [0.5, 0.6) is 0 Å². The molecule has 1 rings (SSSR count). The van der Waals surface area contributed by atoms with Gasteiger partial charge in [0.25, 0.3) is 0 Å². The van der Waals surface area contributed by atoms with E-state index in [1.165, 1.54) is 116 Å². The molecule has 0 radical (unpaired) electrons. The summed E-state index contributed by atoms with van der Waals surface area (Å²) in [6.45, 7) is 3.39. The highest BCUT2D eigenvalue weighted by molar-refractivity contribution is 5.70. The molecule has 0 aromatic rings. The van der Waals surface area contributed by atoms with Crippen LogP contribution >= 0.6 is 0 Å². The van der Waals surface area contributed by atoms with E-state index in [9.17, 15) is 30.0 Å². The van der Waals surface area contributed by atoms with Crippen LogP contribution in [-0.4, -0.2) is 89.0 Å². The lowest BCUT2D eigenvalue weighted by atomic mass is 9.99. The summed E-state index contributed by atoms with van der Waals surface area (Å²) in [6.07, 6.45) is 38.5. The van der Waals surface area contributed by atoms with E-state index in [2.05, 4.69) is 50.3 Å². The van der Waals surface area contributed by atoms with Gasteiger partial charge in [-0.1, -0.05) is 159 Å². The molecule has 0 amide bonds. The third kappa shape index (κ3) is 31.4. The highest BCUT2D eigenvalue weighted by atomic mass is 16.7. The molecule has 0 bridgehead atoms. The van der Waals surface area contributed by atoms with Crippen LogP contribution in [-0.2, 0) is 28.5 Å². The second-order valence-electron chi connectivity index (χ2n) is 16.6. The summed E-state index contributed by atoms with van der Waals surface area (Å²) < 4.78 is 22.2. The topological polar surface area (TPSA) is 152 Å². The van der Waals surface area contributed by atoms with Gasteiger partial charge in [0.2, 0.25) is 0 Å². The zero-order chi connectivity index (χ0) is 43.0. The highest BCUT2D eigenvalue weighted by Crippen LogP contribution is 2.23. The summed E-state index contributed by atoms with van der Waals surface area (Å²) in [5.74, 6) is -0.814. The van der Waals surface area contributed by atoms with Gasteiger partial charge < -0.3 is 39.4 Å². The van der Waals surface area contributed by atoms with E-state index in [-0.39, 0.29) is 32.0 Å². The molecule has 1 fully saturated rings. The van der Waals surface area contributed by atoms with E-state index in [4.69, 9.17) is 18.9 Å². The van der Waals surface area contributed by atoms with E-state index >= 15 is 0 Å². The van der Waals surface area contributed by atoms with Crippen molar-refractivity contribution >= 4 is 11.9 Å². The number of esters is 2. The van der Waals surface area contributed by atoms with Crippen LogP contribution in [0.25, 0.3) is 0 Å². The number of ether oxygens (including phenoxy) is 4. The number of aliphatic hydroxyl groups is 4. The average molecular weight is 837 g/mol. The van der Waals surface area contributed by atoms with Gasteiger partial charge in [0.05, 0.1) is 13.2 Å². The summed E-state index contributed by atoms with van der Waals surface area (Å²) in [4.78, 5) is 25.4. The Bertz CT molecular complexity index is 1060. The Morgan fingerprint density at radius 1 is 0.525 bits per heavy atom. The lowest BCUT2D eigenvalue weighted by molar-refractivity contribution is -0.305. The zero-order valence-electron chi connectivity index (χ0n) is 37.5. The van der Waals surface area contributed by atoms with Crippen LogP contribution in [0, 0.1) is 0 Å². The van der Waals surface area contributed by atoms with Crippen molar-refractivity contribution in [1.82, 2.24) is 0 Å². The Hall–Kier alpha value is -2.08. The first-order valence-electron chi connectivity index (χ1n) is 24.1. The number of unbranched alkanes of at least 4 members (excludes halogenated alkanes) is 23. The monoisotopic (exact) mass is 837 g/mol. The molecule has 1 saturated heterocycles. The van der Waals surface area contributed by atoms with Crippen LogP contribution in [0.1, 0.15) is 206 Å². The van der Waals surface area contributed by atoms with E-state index in [0.717, 1.165) is 57.8 Å². The SMILES string of the molecule is CCCCC/C=C/C/C=C/CCCCCCCCCC(=O)O[C@@H](COC(=O)CCCCCCCCCCC/C=C/CCCCCC)CO[C@H]1O[C@@H](CO)[C@@H](O)C(O)C1O. The van der Waals surface area contributed by atoms with Gasteiger partial charge in [-0.05, 0) is 70.6 Å². The van der Waals surface area contributed by atoms with Gasteiger partial charge in [-0.2, -0.15) is 0 Å². The van der Waals surface area contributed by atoms with Crippen LogP contribution in [0.4, 0.5) is 0 Å². The van der Waals surface area contributed by atoms with E-state index in [1.54, 1.807) is 0 Å². The van der Waals surface area contributed by atoms with Crippen molar-refractivity contribution in [3.8, 4) is 0 Å². The van der Waals surface area contributed by atoms with Gasteiger partial charge in [-0.25, -0.2) is 0 Å². The molecule has 10 heteroatoms. The number of carbonyl (C=O) groups excluding carboxylic acids is 2. The summed E-state index contributed by atoms with van der Waals surface area (Å²) in [5.41, 5.74) is 0. The number of hydrogen-bond donors (Lipinski definition) is 4. The van der Waals surface area contributed by atoms with Crippen molar-refractivity contribution in [3.63, 3.8) is 0 Å². The van der Waals surface area contributed by atoms with Crippen molar-refractivity contribution in [2.45, 2.75) is 243 Å². The van der Waals surface area contributed by atoms with E-state index in [0.29, 0.717) is 6.42 Å². The molecule has 1 aliphatic rings. The molecular formula is C49H88O10. The molecule has 10 nitrogen and oxygen atoms in total. The highest BCUT2D eigenvalue weighted by Gasteiger charge is 2.44. The summed E-state index contributed by atoms with van der Waals surface area (Å²) in [6, 6.07) is 0. The average Bonchev–Trinajstić information content (AvgIpc) is 3.23. The minimum absolute atomic E-state index is 0.221.